The lowest BCUT2D eigenvalue weighted by molar-refractivity contribution is -0.669. The van der Waals surface area contributed by atoms with Crippen LogP contribution in [-0.4, -0.2) is 0 Å². The van der Waals surface area contributed by atoms with E-state index in [0.29, 0.717) is 0 Å². The van der Waals surface area contributed by atoms with E-state index < -0.39 is 0 Å². The highest BCUT2D eigenvalue weighted by molar-refractivity contribution is 7.12. The SMILES string of the molecule is Cl.Nc1scc[n+]1Cc1ccccc1. The van der Waals surface area contributed by atoms with Crippen molar-refractivity contribution in [2.75, 3.05) is 5.73 Å². The zero-order valence-electron chi connectivity index (χ0n) is 7.59. The van der Waals surface area contributed by atoms with Gasteiger partial charge in [-0.1, -0.05) is 41.7 Å². The number of nitrogens with zero attached hydrogens (tertiary/aromatic N) is 1. The van der Waals surface area contributed by atoms with E-state index in [4.69, 9.17) is 5.73 Å². The predicted molar refractivity (Wildman–Crippen MR) is 61.7 cm³/mol. The van der Waals surface area contributed by atoms with Gasteiger partial charge in [0.2, 0.25) is 0 Å². The Morgan fingerprint density at radius 3 is 2.50 bits per heavy atom. The number of nitrogens with two attached hydrogens (primary N) is 1. The summed E-state index contributed by atoms with van der Waals surface area (Å²) in [4.78, 5) is 0. The smallest absolute Gasteiger partial charge is 0.278 e. The Morgan fingerprint density at radius 1 is 1.21 bits per heavy atom. The van der Waals surface area contributed by atoms with Gasteiger partial charge in [-0.3, -0.25) is 5.73 Å². The van der Waals surface area contributed by atoms with Crippen LogP contribution in [-0.2, 0) is 6.54 Å². The van der Waals surface area contributed by atoms with E-state index in [-0.39, 0.29) is 12.4 Å². The summed E-state index contributed by atoms with van der Waals surface area (Å²) >= 11 is 1.56. The number of anilines is 1. The van der Waals surface area contributed by atoms with Crippen molar-refractivity contribution in [3.63, 3.8) is 0 Å². The minimum absolute atomic E-state index is 0. The first kappa shape index (κ1) is 11.0. The van der Waals surface area contributed by atoms with Gasteiger partial charge < -0.3 is 0 Å². The Hall–Kier alpha value is -1.06. The molecule has 14 heavy (non-hydrogen) atoms. The number of hydrogen-bond donors (Lipinski definition) is 1. The number of benzene rings is 1. The maximum Gasteiger partial charge on any atom is 0.331 e. The normalized spacial score (nSPS) is 9.43. The molecule has 2 N–H and O–H groups in total. The molecule has 2 nitrogen and oxygen atoms in total. The highest BCUT2D eigenvalue weighted by Gasteiger charge is 2.04. The van der Waals surface area contributed by atoms with Crippen molar-refractivity contribution in [3.8, 4) is 0 Å². The molecule has 1 aromatic carbocycles. The third-order valence-corrected chi connectivity index (χ3v) is 2.64. The Kier molecular flexibility index (Phi) is 3.92. The van der Waals surface area contributed by atoms with Crippen molar-refractivity contribution >= 4 is 28.9 Å². The predicted octanol–water partition coefficient (Wildman–Crippen LogP) is 2.09. The van der Waals surface area contributed by atoms with Crippen LogP contribution in [0.3, 0.4) is 0 Å². The molecule has 0 unspecified atom stereocenters. The molecule has 0 fully saturated rings. The summed E-state index contributed by atoms with van der Waals surface area (Å²) in [5.41, 5.74) is 7.05. The van der Waals surface area contributed by atoms with E-state index in [1.54, 1.807) is 11.3 Å². The first-order valence-corrected chi connectivity index (χ1v) is 5.00. The highest BCUT2D eigenvalue weighted by atomic mass is 35.5. The molecule has 0 aliphatic rings. The van der Waals surface area contributed by atoms with Crippen LogP contribution in [0.1, 0.15) is 5.56 Å². The number of aromatic nitrogens is 1. The molecular formula is C10H12ClN2S+. The molecule has 0 amide bonds. The van der Waals surface area contributed by atoms with E-state index in [9.17, 15) is 0 Å². The van der Waals surface area contributed by atoms with Gasteiger partial charge in [-0.15, -0.1) is 12.4 Å². The number of thiazole rings is 1. The third-order valence-electron chi connectivity index (χ3n) is 1.91. The van der Waals surface area contributed by atoms with Gasteiger partial charge in [0.25, 0.3) is 0 Å². The number of hydrogen-bond acceptors (Lipinski definition) is 2. The monoisotopic (exact) mass is 227 g/mol. The fraction of sp³-hybridized carbons (Fsp3) is 0.100. The van der Waals surface area contributed by atoms with Crippen LogP contribution in [0.25, 0.3) is 0 Å². The minimum Gasteiger partial charge on any atom is -0.278 e. The highest BCUT2D eigenvalue weighted by Crippen LogP contribution is 2.05. The van der Waals surface area contributed by atoms with Crippen LogP contribution in [0.2, 0.25) is 0 Å². The van der Waals surface area contributed by atoms with Crippen LogP contribution >= 0.6 is 23.7 Å². The lowest BCUT2D eigenvalue weighted by atomic mass is 10.2. The van der Waals surface area contributed by atoms with Gasteiger partial charge >= 0.3 is 5.13 Å². The van der Waals surface area contributed by atoms with Gasteiger partial charge in [0, 0.05) is 5.38 Å². The van der Waals surface area contributed by atoms with Crippen molar-refractivity contribution in [3.05, 3.63) is 47.5 Å². The summed E-state index contributed by atoms with van der Waals surface area (Å²) in [6.07, 6.45) is 2.01. The molecule has 0 atom stereocenters. The molecule has 2 aromatic rings. The van der Waals surface area contributed by atoms with Crippen LogP contribution < -0.4 is 10.3 Å². The molecule has 0 spiro atoms. The first-order valence-electron chi connectivity index (χ1n) is 4.12. The largest absolute Gasteiger partial charge is 0.331 e. The Labute approximate surface area is 93.4 Å². The van der Waals surface area contributed by atoms with Gasteiger partial charge in [0.05, 0.1) is 0 Å². The number of rotatable bonds is 2. The zero-order valence-corrected chi connectivity index (χ0v) is 9.22. The van der Waals surface area contributed by atoms with E-state index in [1.807, 2.05) is 34.3 Å². The molecule has 1 heterocycles. The average Bonchev–Trinajstić information content (AvgIpc) is 2.54. The quantitative estimate of drug-likeness (QED) is 0.783. The van der Waals surface area contributed by atoms with Gasteiger partial charge in [-0.2, -0.15) is 0 Å². The van der Waals surface area contributed by atoms with Crippen LogP contribution in [0.15, 0.2) is 41.9 Å². The molecule has 0 aliphatic heterocycles. The first-order chi connectivity index (χ1) is 6.36. The standard InChI is InChI=1S/C10H10N2S.ClH/c11-10-12(6-7-13-10)8-9-4-2-1-3-5-9;/h1-7,11H,8H2;1H/p+1. The molecule has 74 valence electrons. The van der Waals surface area contributed by atoms with Crippen molar-refractivity contribution in [2.45, 2.75) is 6.54 Å². The second kappa shape index (κ2) is 4.98. The Balaban J connectivity index is 0.000000980. The number of halogens is 1. The molecular weight excluding hydrogens is 216 g/mol. The summed E-state index contributed by atoms with van der Waals surface area (Å²) < 4.78 is 2.04. The fourth-order valence-electron chi connectivity index (χ4n) is 1.23. The maximum absolute atomic E-state index is 5.77. The average molecular weight is 228 g/mol. The molecule has 0 saturated heterocycles. The van der Waals surface area contributed by atoms with Crippen LogP contribution in [0, 0.1) is 0 Å². The Morgan fingerprint density at radius 2 is 1.93 bits per heavy atom. The molecule has 1 aromatic heterocycles. The zero-order chi connectivity index (χ0) is 9.10. The van der Waals surface area contributed by atoms with Gasteiger partial charge in [0.1, 0.15) is 12.7 Å². The van der Waals surface area contributed by atoms with Crippen molar-refractivity contribution in [1.29, 1.82) is 0 Å². The lowest BCUT2D eigenvalue weighted by Gasteiger charge is -1.97. The van der Waals surface area contributed by atoms with Crippen molar-refractivity contribution in [1.82, 2.24) is 0 Å². The minimum atomic E-state index is 0. The Bertz CT molecular complexity index is 386. The van der Waals surface area contributed by atoms with Crippen LogP contribution in [0.5, 0.6) is 0 Å². The topological polar surface area (TPSA) is 29.9 Å². The third kappa shape index (κ3) is 2.47. The number of nitrogen functional groups attached to an aromatic ring is 1. The molecule has 0 aliphatic carbocycles. The van der Waals surface area contributed by atoms with Crippen molar-refractivity contribution < 1.29 is 4.57 Å². The van der Waals surface area contributed by atoms with E-state index in [1.165, 1.54) is 5.56 Å². The van der Waals surface area contributed by atoms with Gasteiger partial charge in [-0.25, -0.2) is 4.57 Å². The molecule has 0 saturated carbocycles. The second-order valence-corrected chi connectivity index (χ2v) is 3.78. The van der Waals surface area contributed by atoms with E-state index in [0.717, 1.165) is 11.7 Å². The van der Waals surface area contributed by atoms with E-state index >= 15 is 0 Å². The summed E-state index contributed by atoms with van der Waals surface area (Å²) in [6, 6.07) is 10.3. The summed E-state index contributed by atoms with van der Waals surface area (Å²) in [6.45, 7) is 0.857. The molecule has 2 rings (SSSR count). The van der Waals surface area contributed by atoms with Gasteiger partial charge in [-0.05, 0) is 5.56 Å². The summed E-state index contributed by atoms with van der Waals surface area (Å²) in [5.74, 6) is 0. The summed E-state index contributed by atoms with van der Waals surface area (Å²) in [7, 11) is 0. The second-order valence-electron chi connectivity index (χ2n) is 2.85. The molecule has 4 heteroatoms. The fourth-order valence-corrected chi connectivity index (χ4v) is 1.83. The van der Waals surface area contributed by atoms with Crippen molar-refractivity contribution in [2.24, 2.45) is 0 Å². The molecule has 0 bridgehead atoms. The van der Waals surface area contributed by atoms with Gasteiger partial charge in [0.15, 0.2) is 0 Å². The van der Waals surface area contributed by atoms with E-state index in [2.05, 4.69) is 12.1 Å². The molecule has 0 radical (unpaired) electrons. The summed E-state index contributed by atoms with van der Waals surface area (Å²) in [5, 5.41) is 2.85. The lowest BCUT2D eigenvalue weighted by Crippen LogP contribution is -2.34. The van der Waals surface area contributed by atoms with Crippen LogP contribution in [0.4, 0.5) is 5.13 Å². The maximum atomic E-state index is 5.77.